The van der Waals surface area contributed by atoms with Crippen molar-refractivity contribution in [2.24, 2.45) is 10.8 Å². The van der Waals surface area contributed by atoms with E-state index in [2.05, 4.69) is 57.3 Å². The van der Waals surface area contributed by atoms with E-state index in [1.807, 2.05) is 0 Å². The third kappa shape index (κ3) is 1.97. The number of hydrogen-bond acceptors (Lipinski definition) is 2. The highest BCUT2D eigenvalue weighted by Crippen LogP contribution is 2.62. The largest absolute Gasteiger partial charge is 0.493 e. The molecule has 1 aromatic carbocycles. The molecule has 0 saturated heterocycles. The molecule has 1 aliphatic carbocycles. The molecule has 2 aliphatic rings. The van der Waals surface area contributed by atoms with Crippen LogP contribution in [0.15, 0.2) is 24.3 Å². The van der Waals surface area contributed by atoms with Crippen LogP contribution in [-0.2, 0) is 0 Å². The van der Waals surface area contributed by atoms with Crippen molar-refractivity contribution in [2.45, 2.75) is 46.1 Å². The Balaban J connectivity index is 1.67. The van der Waals surface area contributed by atoms with Gasteiger partial charge in [0.1, 0.15) is 5.75 Å². The Hall–Kier alpha value is -1.02. The normalized spacial score (nSPS) is 27.5. The van der Waals surface area contributed by atoms with E-state index >= 15 is 0 Å². The fourth-order valence-electron chi connectivity index (χ4n) is 3.59. The van der Waals surface area contributed by atoms with E-state index in [1.165, 1.54) is 5.56 Å². The zero-order chi connectivity index (χ0) is 13.7. The lowest BCUT2D eigenvalue weighted by Gasteiger charge is -2.26. The average Bonchev–Trinajstić information content (AvgIpc) is 2.77. The molecule has 1 unspecified atom stereocenters. The van der Waals surface area contributed by atoms with Crippen LogP contribution in [0.2, 0.25) is 0 Å². The Labute approximate surface area is 116 Å². The van der Waals surface area contributed by atoms with Crippen molar-refractivity contribution in [3.63, 3.8) is 0 Å². The molecule has 0 bridgehead atoms. The third-order valence-corrected chi connectivity index (χ3v) is 5.67. The van der Waals surface area contributed by atoms with E-state index < -0.39 is 0 Å². The van der Waals surface area contributed by atoms with Crippen LogP contribution in [0, 0.1) is 10.8 Å². The second-order valence-electron chi connectivity index (χ2n) is 7.16. The van der Waals surface area contributed by atoms with Crippen molar-refractivity contribution in [1.82, 2.24) is 5.32 Å². The average molecular weight is 259 g/mol. The van der Waals surface area contributed by atoms with Gasteiger partial charge in [-0.2, -0.15) is 0 Å². The molecule has 2 heteroatoms. The van der Waals surface area contributed by atoms with Gasteiger partial charge in [0, 0.05) is 18.5 Å². The summed E-state index contributed by atoms with van der Waals surface area (Å²) in [6.45, 7) is 11.4. The molecule has 1 aliphatic heterocycles. The molecule has 0 spiro atoms. The molecule has 19 heavy (non-hydrogen) atoms. The minimum atomic E-state index is 0.414. The molecule has 1 N–H and O–H groups in total. The van der Waals surface area contributed by atoms with Gasteiger partial charge in [-0.3, -0.25) is 0 Å². The summed E-state index contributed by atoms with van der Waals surface area (Å²) in [5.74, 6) is 1.67. The number of ether oxygens (including phenoxy) is 1. The standard InChI is InChI=1S/C17H25NO/c1-16(2)15(17(16,3)4)18-11-12-9-10-19-14-8-6-5-7-13(12)14/h5-8,12,15,18H,9-11H2,1-4H3. The van der Waals surface area contributed by atoms with Crippen molar-refractivity contribution in [3.05, 3.63) is 29.8 Å². The molecule has 3 rings (SSSR count). The lowest BCUT2D eigenvalue weighted by atomic mass is 9.93. The van der Waals surface area contributed by atoms with Gasteiger partial charge in [0.05, 0.1) is 6.61 Å². The van der Waals surface area contributed by atoms with Crippen molar-refractivity contribution < 1.29 is 4.74 Å². The van der Waals surface area contributed by atoms with Crippen molar-refractivity contribution in [2.75, 3.05) is 13.2 Å². The monoisotopic (exact) mass is 259 g/mol. The Bertz CT molecular complexity index is 464. The Morgan fingerprint density at radius 3 is 2.53 bits per heavy atom. The smallest absolute Gasteiger partial charge is 0.122 e. The summed E-state index contributed by atoms with van der Waals surface area (Å²) in [6, 6.07) is 9.11. The second kappa shape index (κ2) is 4.24. The van der Waals surface area contributed by atoms with Crippen LogP contribution in [0.1, 0.15) is 45.6 Å². The molecule has 0 amide bonds. The first-order chi connectivity index (χ1) is 8.94. The highest BCUT2D eigenvalue weighted by molar-refractivity contribution is 5.38. The highest BCUT2D eigenvalue weighted by atomic mass is 16.5. The molecule has 1 heterocycles. The first-order valence-corrected chi connectivity index (χ1v) is 7.39. The number of rotatable bonds is 3. The van der Waals surface area contributed by atoms with Crippen LogP contribution < -0.4 is 10.1 Å². The Morgan fingerprint density at radius 2 is 1.84 bits per heavy atom. The molecule has 1 aromatic rings. The fourth-order valence-corrected chi connectivity index (χ4v) is 3.59. The van der Waals surface area contributed by atoms with E-state index in [9.17, 15) is 0 Å². The SMILES string of the molecule is CC1(C)C(NCC2CCOc3ccccc32)C1(C)C. The molecular formula is C17H25NO. The van der Waals surface area contributed by atoms with Crippen LogP contribution in [0.5, 0.6) is 5.75 Å². The second-order valence-corrected chi connectivity index (χ2v) is 7.16. The van der Waals surface area contributed by atoms with Gasteiger partial charge in [-0.1, -0.05) is 45.9 Å². The Kier molecular flexibility index (Phi) is 2.90. The molecule has 104 valence electrons. The van der Waals surface area contributed by atoms with E-state index in [1.54, 1.807) is 0 Å². The van der Waals surface area contributed by atoms with Gasteiger partial charge in [-0.05, 0) is 28.9 Å². The summed E-state index contributed by atoms with van der Waals surface area (Å²) in [5.41, 5.74) is 2.20. The number of nitrogens with one attached hydrogen (secondary N) is 1. The number of fused-ring (bicyclic) bond motifs is 1. The number of benzene rings is 1. The van der Waals surface area contributed by atoms with Gasteiger partial charge in [-0.25, -0.2) is 0 Å². The van der Waals surface area contributed by atoms with Crippen molar-refractivity contribution in [3.8, 4) is 5.75 Å². The maximum atomic E-state index is 5.73. The van der Waals surface area contributed by atoms with Crippen LogP contribution >= 0.6 is 0 Å². The topological polar surface area (TPSA) is 21.3 Å². The quantitative estimate of drug-likeness (QED) is 0.896. The van der Waals surface area contributed by atoms with E-state index in [-0.39, 0.29) is 0 Å². The number of hydrogen-bond donors (Lipinski definition) is 1. The first-order valence-electron chi connectivity index (χ1n) is 7.39. The van der Waals surface area contributed by atoms with Gasteiger partial charge in [0.15, 0.2) is 0 Å². The summed E-state index contributed by atoms with van der Waals surface area (Å²) >= 11 is 0. The van der Waals surface area contributed by atoms with Crippen LogP contribution in [0.25, 0.3) is 0 Å². The Morgan fingerprint density at radius 1 is 1.16 bits per heavy atom. The van der Waals surface area contributed by atoms with E-state index in [4.69, 9.17) is 4.74 Å². The maximum absolute atomic E-state index is 5.73. The summed E-state index contributed by atoms with van der Waals surface area (Å²) in [4.78, 5) is 0. The van der Waals surface area contributed by atoms with Crippen LogP contribution in [-0.4, -0.2) is 19.2 Å². The molecule has 1 atom stereocenters. The van der Waals surface area contributed by atoms with Crippen molar-refractivity contribution >= 4 is 0 Å². The molecule has 0 radical (unpaired) electrons. The molecule has 2 nitrogen and oxygen atoms in total. The summed E-state index contributed by atoms with van der Waals surface area (Å²) in [6.07, 6.45) is 1.12. The van der Waals surface area contributed by atoms with E-state index in [0.717, 1.165) is 25.3 Å². The summed E-state index contributed by atoms with van der Waals surface area (Å²) < 4.78 is 5.73. The highest BCUT2D eigenvalue weighted by Gasteiger charge is 2.64. The minimum absolute atomic E-state index is 0.414. The van der Waals surface area contributed by atoms with E-state index in [0.29, 0.717) is 22.8 Å². The van der Waals surface area contributed by atoms with Crippen LogP contribution in [0.4, 0.5) is 0 Å². The molecule has 1 fully saturated rings. The van der Waals surface area contributed by atoms with Crippen LogP contribution in [0.3, 0.4) is 0 Å². The van der Waals surface area contributed by atoms with Gasteiger partial charge < -0.3 is 10.1 Å². The predicted molar refractivity (Wildman–Crippen MR) is 78.6 cm³/mol. The summed E-state index contributed by atoms with van der Waals surface area (Å²) in [7, 11) is 0. The zero-order valence-electron chi connectivity index (χ0n) is 12.5. The first kappa shape index (κ1) is 13.0. The maximum Gasteiger partial charge on any atom is 0.122 e. The lowest BCUT2D eigenvalue weighted by Crippen LogP contribution is -2.30. The van der Waals surface area contributed by atoms with Gasteiger partial charge in [-0.15, -0.1) is 0 Å². The zero-order valence-corrected chi connectivity index (χ0v) is 12.5. The summed E-state index contributed by atoms with van der Waals surface area (Å²) in [5, 5.41) is 3.79. The molecule has 1 saturated carbocycles. The molecular weight excluding hydrogens is 234 g/mol. The predicted octanol–water partition coefficient (Wildman–Crippen LogP) is 3.58. The number of para-hydroxylation sites is 1. The lowest BCUT2D eigenvalue weighted by molar-refractivity contribution is 0.263. The minimum Gasteiger partial charge on any atom is -0.493 e. The van der Waals surface area contributed by atoms with Crippen molar-refractivity contribution in [1.29, 1.82) is 0 Å². The van der Waals surface area contributed by atoms with Gasteiger partial charge in [0.2, 0.25) is 0 Å². The fraction of sp³-hybridized carbons (Fsp3) is 0.647. The third-order valence-electron chi connectivity index (χ3n) is 5.67. The van der Waals surface area contributed by atoms with Gasteiger partial charge >= 0.3 is 0 Å². The molecule has 0 aromatic heterocycles. The van der Waals surface area contributed by atoms with Gasteiger partial charge in [0.25, 0.3) is 0 Å².